The van der Waals surface area contributed by atoms with Gasteiger partial charge >= 0.3 is 6.03 Å². The molecule has 1 fully saturated rings. The minimum absolute atomic E-state index is 0.170. The summed E-state index contributed by atoms with van der Waals surface area (Å²) in [6.07, 6.45) is 5.09. The van der Waals surface area contributed by atoms with Crippen molar-refractivity contribution < 1.29 is 4.79 Å². The van der Waals surface area contributed by atoms with Crippen LogP contribution in [0.15, 0.2) is 0 Å². The third-order valence-electron chi connectivity index (χ3n) is 5.00. The Morgan fingerprint density at radius 3 is 2.20 bits per heavy atom. The molecule has 20 heavy (non-hydrogen) atoms. The van der Waals surface area contributed by atoms with Gasteiger partial charge in [-0.1, -0.05) is 27.7 Å². The Balaban J connectivity index is 2.86. The molecular formula is C16H33N3O. The Bertz CT molecular complexity index is 286. The van der Waals surface area contributed by atoms with Gasteiger partial charge in [0.05, 0.1) is 5.54 Å². The van der Waals surface area contributed by atoms with E-state index in [1.54, 1.807) is 0 Å². The topological polar surface area (TPSA) is 49.6 Å². The maximum atomic E-state index is 12.9. The van der Waals surface area contributed by atoms with Gasteiger partial charge in [-0.2, -0.15) is 0 Å². The van der Waals surface area contributed by atoms with E-state index in [1.165, 1.54) is 0 Å². The molecule has 1 aliphatic heterocycles. The number of urea groups is 1. The van der Waals surface area contributed by atoms with Gasteiger partial charge in [0.1, 0.15) is 0 Å². The van der Waals surface area contributed by atoms with Crippen LogP contribution in [-0.2, 0) is 0 Å². The molecule has 1 saturated heterocycles. The number of hydrogen-bond donors (Lipinski definition) is 1. The van der Waals surface area contributed by atoms with Gasteiger partial charge in [0.2, 0.25) is 0 Å². The molecule has 1 rings (SSSR count). The first kappa shape index (κ1) is 17.3. The number of rotatable bonds is 6. The van der Waals surface area contributed by atoms with Crippen LogP contribution in [0.25, 0.3) is 0 Å². The molecule has 0 aromatic rings. The van der Waals surface area contributed by atoms with Crippen LogP contribution in [0.3, 0.4) is 0 Å². The maximum Gasteiger partial charge on any atom is 0.320 e. The average molecular weight is 283 g/mol. The Morgan fingerprint density at radius 2 is 1.80 bits per heavy atom. The van der Waals surface area contributed by atoms with Crippen molar-refractivity contribution in [2.24, 2.45) is 11.7 Å². The van der Waals surface area contributed by atoms with E-state index in [1.807, 2.05) is 4.90 Å². The number of carbonyl (C=O) groups excluding carboxylic acids is 1. The van der Waals surface area contributed by atoms with Crippen molar-refractivity contribution in [1.82, 2.24) is 9.80 Å². The minimum Gasteiger partial charge on any atom is -0.328 e. The van der Waals surface area contributed by atoms with Crippen molar-refractivity contribution >= 4 is 6.03 Å². The second-order valence-corrected chi connectivity index (χ2v) is 6.24. The fraction of sp³-hybridized carbons (Fsp3) is 0.938. The van der Waals surface area contributed by atoms with Crippen LogP contribution in [-0.4, -0.2) is 47.5 Å². The monoisotopic (exact) mass is 283 g/mol. The summed E-state index contributed by atoms with van der Waals surface area (Å²) in [7, 11) is 0. The molecule has 4 nitrogen and oxygen atoms in total. The number of likely N-dealkylation sites (tertiary alicyclic amines) is 1. The fourth-order valence-corrected chi connectivity index (χ4v) is 3.16. The van der Waals surface area contributed by atoms with Crippen molar-refractivity contribution in [3.05, 3.63) is 0 Å². The van der Waals surface area contributed by atoms with Gasteiger partial charge in [-0.25, -0.2) is 4.79 Å². The lowest BCUT2D eigenvalue weighted by Crippen LogP contribution is -2.60. The lowest BCUT2D eigenvalue weighted by molar-refractivity contribution is 0.0725. The molecule has 0 spiro atoms. The average Bonchev–Trinajstić information content (AvgIpc) is 2.48. The molecule has 2 N–H and O–H groups in total. The van der Waals surface area contributed by atoms with E-state index in [4.69, 9.17) is 5.73 Å². The van der Waals surface area contributed by atoms with Crippen LogP contribution in [0.4, 0.5) is 4.79 Å². The molecule has 118 valence electrons. The molecule has 0 aromatic heterocycles. The number of amides is 2. The van der Waals surface area contributed by atoms with Crippen LogP contribution in [0.1, 0.15) is 59.8 Å². The first-order chi connectivity index (χ1) is 9.54. The Hall–Kier alpha value is -0.770. The van der Waals surface area contributed by atoms with Gasteiger partial charge < -0.3 is 15.5 Å². The minimum atomic E-state index is -0.170. The van der Waals surface area contributed by atoms with E-state index in [-0.39, 0.29) is 11.6 Å². The number of carbonyl (C=O) groups is 1. The van der Waals surface area contributed by atoms with E-state index >= 15 is 0 Å². The summed E-state index contributed by atoms with van der Waals surface area (Å²) in [4.78, 5) is 17.0. The lowest BCUT2D eigenvalue weighted by atomic mass is 9.90. The van der Waals surface area contributed by atoms with E-state index in [0.717, 1.165) is 57.7 Å². The van der Waals surface area contributed by atoms with E-state index in [2.05, 4.69) is 32.6 Å². The van der Waals surface area contributed by atoms with Crippen LogP contribution in [0.5, 0.6) is 0 Å². The molecule has 1 aliphatic rings. The zero-order chi connectivity index (χ0) is 15.2. The summed E-state index contributed by atoms with van der Waals surface area (Å²) in [6.45, 7) is 11.8. The Labute approximate surface area is 124 Å². The molecule has 0 bridgehead atoms. The van der Waals surface area contributed by atoms with Crippen LogP contribution >= 0.6 is 0 Å². The third kappa shape index (κ3) is 3.66. The molecule has 0 unspecified atom stereocenters. The van der Waals surface area contributed by atoms with Gasteiger partial charge in [0, 0.05) is 26.2 Å². The van der Waals surface area contributed by atoms with Crippen LogP contribution in [0, 0.1) is 5.92 Å². The first-order valence-corrected chi connectivity index (χ1v) is 8.31. The van der Waals surface area contributed by atoms with Crippen molar-refractivity contribution in [3.63, 3.8) is 0 Å². The Morgan fingerprint density at radius 1 is 1.25 bits per heavy atom. The SMILES string of the molecule is CCCN(C(=O)N1CCC(C)CC1)C(CC)(CC)CN. The van der Waals surface area contributed by atoms with Crippen LogP contribution in [0.2, 0.25) is 0 Å². The van der Waals surface area contributed by atoms with Crippen molar-refractivity contribution in [2.75, 3.05) is 26.2 Å². The zero-order valence-electron chi connectivity index (χ0n) is 13.8. The number of nitrogens with two attached hydrogens (primary N) is 1. The second kappa shape index (κ2) is 7.87. The Kier molecular flexibility index (Phi) is 6.80. The molecule has 4 heteroatoms. The molecular weight excluding hydrogens is 250 g/mol. The second-order valence-electron chi connectivity index (χ2n) is 6.24. The van der Waals surface area contributed by atoms with Gasteiger partial charge in [-0.15, -0.1) is 0 Å². The molecule has 0 atom stereocenters. The van der Waals surface area contributed by atoms with Gasteiger partial charge in [0.25, 0.3) is 0 Å². The van der Waals surface area contributed by atoms with E-state index < -0.39 is 0 Å². The first-order valence-electron chi connectivity index (χ1n) is 8.31. The molecule has 0 radical (unpaired) electrons. The highest BCUT2D eigenvalue weighted by molar-refractivity contribution is 5.75. The predicted molar refractivity (Wildman–Crippen MR) is 84.7 cm³/mol. The smallest absolute Gasteiger partial charge is 0.320 e. The molecule has 0 aliphatic carbocycles. The highest BCUT2D eigenvalue weighted by atomic mass is 16.2. The maximum absolute atomic E-state index is 12.9. The molecule has 0 aromatic carbocycles. The number of nitrogens with zero attached hydrogens (tertiary/aromatic N) is 2. The molecule has 0 saturated carbocycles. The van der Waals surface area contributed by atoms with E-state index in [9.17, 15) is 4.79 Å². The molecule has 1 heterocycles. The summed E-state index contributed by atoms with van der Waals surface area (Å²) < 4.78 is 0. The highest BCUT2D eigenvalue weighted by Crippen LogP contribution is 2.26. The summed E-state index contributed by atoms with van der Waals surface area (Å²) in [6, 6.07) is 0.202. The van der Waals surface area contributed by atoms with E-state index in [0.29, 0.717) is 6.54 Å². The lowest BCUT2D eigenvalue weighted by Gasteiger charge is -2.45. The van der Waals surface area contributed by atoms with Crippen molar-refractivity contribution in [1.29, 1.82) is 0 Å². The number of hydrogen-bond acceptors (Lipinski definition) is 2. The summed E-state index contributed by atoms with van der Waals surface area (Å²) in [5, 5.41) is 0. The summed E-state index contributed by atoms with van der Waals surface area (Å²) in [5.41, 5.74) is 5.87. The molecule has 2 amide bonds. The van der Waals surface area contributed by atoms with Gasteiger partial charge in [0.15, 0.2) is 0 Å². The fourth-order valence-electron chi connectivity index (χ4n) is 3.16. The highest BCUT2D eigenvalue weighted by Gasteiger charge is 2.37. The normalized spacial score (nSPS) is 17.4. The predicted octanol–water partition coefficient (Wildman–Crippen LogP) is 3.07. The standard InChI is InChI=1S/C16H33N3O/c1-5-10-19(16(6-2,7-3)13-17)15(20)18-11-8-14(4)9-12-18/h14H,5-13,17H2,1-4H3. The third-order valence-corrected chi connectivity index (χ3v) is 5.00. The van der Waals surface area contributed by atoms with Crippen molar-refractivity contribution in [2.45, 2.75) is 65.3 Å². The largest absolute Gasteiger partial charge is 0.328 e. The van der Waals surface area contributed by atoms with Crippen LogP contribution < -0.4 is 5.73 Å². The summed E-state index contributed by atoms with van der Waals surface area (Å²) in [5.74, 6) is 0.746. The van der Waals surface area contributed by atoms with Gasteiger partial charge in [-0.3, -0.25) is 0 Å². The number of piperidine rings is 1. The zero-order valence-corrected chi connectivity index (χ0v) is 13.8. The quantitative estimate of drug-likeness (QED) is 0.814. The van der Waals surface area contributed by atoms with Gasteiger partial charge in [-0.05, 0) is 38.0 Å². The summed E-state index contributed by atoms with van der Waals surface area (Å²) >= 11 is 0. The van der Waals surface area contributed by atoms with Crippen molar-refractivity contribution in [3.8, 4) is 0 Å².